The molecule has 116 valence electrons. The van der Waals surface area contributed by atoms with Crippen LogP contribution in [0.1, 0.15) is 43.1 Å². The number of hydrogen-bond donors (Lipinski definition) is 3. The fourth-order valence-corrected chi connectivity index (χ4v) is 1.77. The van der Waals surface area contributed by atoms with Gasteiger partial charge in [0, 0.05) is 36.2 Å². The van der Waals surface area contributed by atoms with Gasteiger partial charge in [0.1, 0.15) is 5.82 Å². The zero-order valence-corrected chi connectivity index (χ0v) is 12.6. The molecule has 0 saturated carbocycles. The number of carbonyl (C=O) groups excluding carboxylic acids is 2. The number of benzene rings is 1. The van der Waals surface area contributed by atoms with Crippen molar-refractivity contribution in [2.24, 2.45) is 5.73 Å². The van der Waals surface area contributed by atoms with Crippen LogP contribution < -0.4 is 16.4 Å². The fraction of sp³-hybridized carbons (Fsp3) is 0.467. The molecule has 0 aromatic heterocycles. The highest BCUT2D eigenvalue weighted by Crippen LogP contribution is 2.10. The van der Waals surface area contributed by atoms with Crippen LogP contribution in [0, 0.1) is 5.82 Å². The summed E-state index contributed by atoms with van der Waals surface area (Å²) in [5, 5.41) is 5.81. The molecule has 0 aliphatic carbocycles. The van der Waals surface area contributed by atoms with Gasteiger partial charge < -0.3 is 16.4 Å². The lowest BCUT2D eigenvalue weighted by atomic mass is 10.1. The molecule has 0 spiro atoms. The Morgan fingerprint density at radius 2 is 1.95 bits per heavy atom. The van der Waals surface area contributed by atoms with E-state index in [2.05, 4.69) is 10.6 Å². The van der Waals surface area contributed by atoms with Crippen molar-refractivity contribution >= 4 is 11.8 Å². The first-order valence-corrected chi connectivity index (χ1v) is 6.79. The molecule has 6 heteroatoms. The molecule has 0 radical (unpaired) electrons. The summed E-state index contributed by atoms with van der Waals surface area (Å²) in [6.45, 7) is 6.37. The number of carbonyl (C=O) groups is 2. The molecule has 1 rings (SSSR count). The smallest absolute Gasteiger partial charge is 0.248 e. The number of rotatable bonds is 6. The van der Waals surface area contributed by atoms with Crippen molar-refractivity contribution in [1.82, 2.24) is 10.6 Å². The first-order chi connectivity index (χ1) is 9.69. The van der Waals surface area contributed by atoms with E-state index in [0.717, 1.165) is 0 Å². The van der Waals surface area contributed by atoms with Crippen molar-refractivity contribution in [3.8, 4) is 0 Å². The minimum absolute atomic E-state index is 0.0682. The zero-order chi connectivity index (χ0) is 16.0. The van der Waals surface area contributed by atoms with E-state index in [-0.39, 0.29) is 23.6 Å². The summed E-state index contributed by atoms with van der Waals surface area (Å²) >= 11 is 0. The molecule has 5 nitrogen and oxygen atoms in total. The van der Waals surface area contributed by atoms with Gasteiger partial charge in [0.05, 0.1) is 0 Å². The predicted molar refractivity (Wildman–Crippen MR) is 79.1 cm³/mol. The Bertz CT molecular complexity index is 524. The highest BCUT2D eigenvalue weighted by Gasteiger charge is 2.13. The molecule has 1 aromatic carbocycles. The summed E-state index contributed by atoms with van der Waals surface area (Å²) in [5.74, 6) is -1.08. The largest absolute Gasteiger partial charge is 0.366 e. The van der Waals surface area contributed by atoms with Gasteiger partial charge in [-0.15, -0.1) is 0 Å². The molecule has 0 aliphatic heterocycles. The van der Waals surface area contributed by atoms with Crippen LogP contribution in [-0.4, -0.2) is 23.9 Å². The van der Waals surface area contributed by atoms with Crippen molar-refractivity contribution in [3.63, 3.8) is 0 Å². The van der Waals surface area contributed by atoms with E-state index in [0.29, 0.717) is 18.5 Å². The first-order valence-electron chi connectivity index (χ1n) is 6.79. The van der Waals surface area contributed by atoms with Crippen LogP contribution in [-0.2, 0) is 11.3 Å². The van der Waals surface area contributed by atoms with E-state index in [1.165, 1.54) is 18.2 Å². The maximum Gasteiger partial charge on any atom is 0.248 e. The third kappa shape index (κ3) is 6.35. The van der Waals surface area contributed by atoms with Crippen LogP contribution in [0.2, 0.25) is 0 Å². The maximum atomic E-state index is 13.6. The molecule has 1 aromatic rings. The minimum atomic E-state index is -0.596. The lowest BCUT2D eigenvalue weighted by molar-refractivity contribution is -0.122. The Morgan fingerprint density at radius 3 is 2.52 bits per heavy atom. The van der Waals surface area contributed by atoms with Gasteiger partial charge in [-0.3, -0.25) is 9.59 Å². The maximum absolute atomic E-state index is 13.6. The summed E-state index contributed by atoms with van der Waals surface area (Å²) in [7, 11) is 0. The summed E-state index contributed by atoms with van der Waals surface area (Å²) < 4.78 is 13.6. The SMILES string of the molecule is CC(C)(C)NC(=O)CCNCc1cc(C(N)=O)ccc1F. The molecular formula is C15H22FN3O2. The van der Waals surface area contributed by atoms with E-state index < -0.39 is 11.7 Å². The highest BCUT2D eigenvalue weighted by molar-refractivity contribution is 5.92. The van der Waals surface area contributed by atoms with Crippen molar-refractivity contribution in [2.45, 2.75) is 39.3 Å². The molecule has 0 fully saturated rings. The van der Waals surface area contributed by atoms with Crippen LogP contribution in [0.3, 0.4) is 0 Å². The lowest BCUT2D eigenvalue weighted by Crippen LogP contribution is -2.41. The normalized spacial score (nSPS) is 11.2. The molecule has 0 unspecified atom stereocenters. The van der Waals surface area contributed by atoms with Crippen LogP contribution in [0.5, 0.6) is 0 Å². The Kier molecular flexibility index (Phi) is 5.84. The third-order valence-electron chi connectivity index (χ3n) is 2.69. The van der Waals surface area contributed by atoms with Crippen molar-refractivity contribution in [2.75, 3.05) is 6.54 Å². The number of amides is 2. The summed E-state index contributed by atoms with van der Waals surface area (Å²) in [5.41, 5.74) is 5.50. The van der Waals surface area contributed by atoms with Crippen LogP contribution in [0.25, 0.3) is 0 Å². The van der Waals surface area contributed by atoms with Gasteiger partial charge >= 0.3 is 0 Å². The second kappa shape index (κ2) is 7.17. The quantitative estimate of drug-likeness (QED) is 0.692. The molecule has 0 aliphatic rings. The second-order valence-corrected chi connectivity index (χ2v) is 5.90. The Morgan fingerprint density at radius 1 is 1.29 bits per heavy atom. The third-order valence-corrected chi connectivity index (χ3v) is 2.69. The van der Waals surface area contributed by atoms with Crippen LogP contribution in [0.15, 0.2) is 18.2 Å². The van der Waals surface area contributed by atoms with Gasteiger partial charge in [-0.05, 0) is 39.0 Å². The second-order valence-electron chi connectivity index (χ2n) is 5.90. The molecule has 2 amide bonds. The number of hydrogen-bond acceptors (Lipinski definition) is 3. The molecule has 0 bridgehead atoms. The summed E-state index contributed by atoms with van der Waals surface area (Å²) in [4.78, 5) is 22.6. The van der Waals surface area contributed by atoms with Gasteiger partial charge in [0.2, 0.25) is 11.8 Å². The topological polar surface area (TPSA) is 84.2 Å². The molecule has 0 heterocycles. The molecule has 0 saturated heterocycles. The zero-order valence-electron chi connectivity index (χ0n) is 12.6. The van der Waals surface area contributed by atoms with Gasteiger partial charge in [0.15, 0.2) is 0 Å². The van der Waals surface area contributed by atoms with Gasteiger partial charge in [-0.25, -0.2) is 4.39 Å². The molecule has 21 heavy (non-hydrogen) atoms. The average molecular weight is 295 g/mol. The van der Waals surface area contributed by atoms with E-state index in [9.17, 15) is 14.0 Å². The monoisotopic (exact) mass is 295 g/mol. The van der Waals surface area contributed by atoms with Crippen LogP contribution in [0.4, 0.5) is 4.39 Å². The van der Waals surface area contributed by atoms with Crippen molar-refractivity contribution in [3.05, 3.63) is 35.1 Å². The number of nitrogens with one attached hydrogen (secondary N) is 2. The number of nitrogens with two attached hydrogens (primary N) is 1. The van der Waals surface area contributed by atoms with Crippen molar-refractivity contribution in [1.29, 1.82) is 0 Å². The highest BCUT2D eigenvalue weighted by atomic mass is 19.1. The summed E-state index contributed by atoms with van der Waals surface area (Å²) in [6.07, 6.45) is 0.300. The summed E-state index contributed by atoms with van der Waals surface area (Å²) in [6, 6.07) is 3.97. The van der Waals surface area contributed by atoms with E-state index in [4.69, 9.17) is 5.73 Å². The fourth-order valence-electron chi connectivity index (χ4n) is 1.77. The Hall–Kier alpha value is -1.95. The first kappa shape index (κ1) is 17.1. The van der Waals surface area contributed by atoms with Crippen LogP contribution >= 0.6 is 0 Å². The standard InChI is InChI=1S/C15H22FN3O2/c1-15(2,3)19-13(20)6-7-18-9-11-8-10(14(17)21)4-5-12(11)16/h4-5,8,18H,6-7,9H2,1-3H3,(H2,17,21)(H,19,20). The number of primary amides is 1. The molecule has 0 atom stereocenters. The number of halogens is 1. The minimum Gasteiger partial charge on any atom is -0.366 e. The Balaban J connectivity index is 2.44. The average Bonchev–Trinajstić information content (AvgIpc) is 2.34. The van der Waals surface area contributed by atoms with E-state index in [1.54, 1.807) is 0 Å². The lowest BCUT2D eigenvalue weighted by Gasteiger charge is -2.20. The van der Waals surface area contributed by atoms with E-state index >= 15 is 0 Å². The molecule has 4 N–H and O–H groups in total. The van der Waals surface area contributed by atoms with E-state index in [1.807, 2.05) is 20.8 Å². The van der Waals surface area contributed by atoms with Gasteiger partial charge in [-0.1, -0.05) is 0 Å². The van der Waals surface area contributed by atoms with Gasteiger partial charge in [0.25, 0.3) is 0 Å². The van der Waals surface area contributed by atoms with Gasteiger partial charge in [-0.2, -0.15) is 0 Å². The predicted octanol–water partition coefficient (Wildman–Crippen LogP) is 1.32. The van der Waals surface area contributed by atoms with Crippen molar-refractivity contribution < 1.29 is 14.0 Å². The Labute approximate surface area is 124 Å². The molecular weight excluding hydrogens is 273 g/mol.